The average molecular weight is 471 g/mol. The lowest BCUT2D eigenvalue weighted by atomic mass is 10.2. The molecule has 3 rings (SSSR count). The Morgan fingerprint density at radius 2 is 2.03 bits per heavy atom. The molecule has 0 fully saturated rings. The fourth-order valence-electron chi connectivity index (χ4n) is 2.43. The van der Waals surface area contributed by atoms with Crippen molar-refractivity contribution in [2.45, 2.75) is 29.9 Å². The van der Waals surface area contributed by atoms with Crippen molar-refractivity contribution in [2.24, 2.45) is 7.05 Å². The van der Waals surface area contributed by atoms with E-state index < -0.39 is 22.9 Å². The summed E-state index contributed by atoms with van der Waals surface area (Å²) in [7, 11) is 1.64. The number of carbonyl (C=O) groups excluding carboxylic acids is 2. The van der Waals surface area contributed by atoms with Crippen LogP contribution in [-0.2, 0) is 29.2 Å². The zero-order valence-electron chi connectivity index (χ0n) is 16.3. The second kappa shape index (κ2) is 9.47. The number of anilines is 2. The van der Waals surface area contributed by atoms with Gasteiger partial charge in [-0.3, -0.25) is 9.59 Å². The number of alkyl halides is 3. The molecule has 0 spiro atoms. The third-order valence-electron chi connectivity index (χ3n) is 4.03. The number of hydrogen-bond acceptors (Lipinski definition) is 7. The van der Waals surface area contributed by atoms with Crippen molar-refractivity contribution in [1.82, 2.24) is 19.7 Å². The SMILES string of the molecule is C[C@H](Sc1nnc(CC(=O)Nc2cccc(C(F)(F)F)c2)n1C)C(=O)Nc1nccs1. The van der Waals surface area contributed by atoms with Crippen LogP contribution in [0.1, 0.15) is 18.3 Å². The molecule has 2 aromatic heterocycles. The van der Waals surface area contributed by atoms with E-state index in [9.17, 15) is 22.8 Å². The van der Waals surface area contributed by atoms with Gasteiger partial charge in [-0.05, 0) is 25.1 Å². The highest BCUT2D eigenvalue weighted by Gasteiger charge is 2.30. The zero-order chi connectivity index (χ0) is 22.6. The molecule has 0 unspecified atom stereocenters. The fraction of sp³-hybridized carbons (Fsp3) is 0.278. The molecular weight excluding hydrogens is 453 g/mol. The third kappa shape index (κ3) is 6.04. The Labute approximate surface area is 183 Å². The van der Waals surface area contributed by atoms with Gasteiger partial charge in [0.05, 0.1) is 17.2 Å². The summed E-state index contributed by atoms with van der Waals surface area (Å²) in [5, 5.41) is 15.2. The van der Waals surface area contributed by atoms with Gasteiger partial charge in [0.15, 0.2) is 10.3 Å². The van der Waals surface area contributed by atoms with Crippen LogP contribution in [0, 0.1) is 0 Å². The average Bonchev–Trinajstić information content (AvgIpc) is 3.32. The Morgan fingerprint density at radius 3 is 2.71 bits per heavy atom. The Bertz CT molecular complexity index is 1070. The highest BCUT2D eigenvalue weighted by atomic mass is 32.2. The van der Waals surface area contributed by atoms with Crippen LogP contribution in [0.15, 0.2) is 41.0 Å². The fourth-order valence-corrected chi connectivity index (χ4v) is 3.79. The van der Waals surface area contributed by atoms with Gasteiger partial charge in [-0.15, -0.1) is 21.5 Å². The Morgan fingerprint density at radius 1 is 1.26 bits per heavy atom. The molecule has 0 aliphatic carbocycles. The van der Waals surface area contributed by atoms with Crippen LogP contribution in [-0.4, -0.2) is 36.8 Å². The minimum Gasteiger partial charge on any atom is -0.326 e. The summed E-state index contributed by atoms with van der Waals surface area (Å²) in [6.07, 6.45) is -3.11. The Hall–Kier alpha value is -2.93. The van der Waals surface area contributed by atoms with Gasteiger partial charge < -0.3 is 15.2 Å². The lowest BCUT2D eigenvalue weighted by Gasteiger charge is -2.11. The summed E-state index contributed by atoms with van der Waals surface area (Å²) in [4.78, 5) is 28.5. The first kappa shape index (κ1) is 22.7. The molecule has 0 saturated heterocycles. The molecule has 0 radical (unpaired) electrons. The van der Waals surface area contributed by atoms with Crippen molar-refractivity contribution >= 4 is 45.7 Å². The standard InChI is InChI=1S/C18H17F3N6O2S2/c1-10(15(29)24-16-22-6-7-30-16)31-17-26-25-13(27(17)2)9-14(28)23-12-5-3-4-11(8-12)18(19,20)21/h3-8,10H,9H2,1-2H3,(H,23,28)(H,22,24,29)/t10-/m0/s1. The molecule has 31 heavy (non-hydrogen) atoms. The third-order valence-corrected chi connectivity index (χ3v) is 5.85. The first-order chi connectivity index (χ1) is 14.6. The molecular formula is C18H17F3N6O2S2. The van der Waals surface area contributed by atoms with Crippen molar-refractivity contribution < 1.29 is 22.8 Å². The number of thioether (sulfide) groups is 1. The maximum atomic E-state index is 12.8. The number of hydrogen-bond donors (Lipinski definition) is 2. The van der Waals surface area contributed by atoms with Crippen LogP contribution in [0.4, 0.5) is 24.0 Å². The molecule has 8 nitrogen and oxygen atoms in total. The maximum Gasteiger partial charge on any atom is 0.416 e. The van der Waals surface area contributed by atoms with Gasteiger partial charge in [0.1, 0.15) is 5.82 Å². The second-order valence-electron chi connectivity index (χ2n) is 6.35. The van der Waals surface area contributed by atoms with E-state index in [4.69, 9.17) is 0 Å². The van der Waals surface area contributed by atoms with Crippen molar-refractivity contribution in [3.05, 3.63) is 47.2 Å². The van der Waals surface area contributed by atoms with Gasteiger partial charge in [-0.25, -0.2) is 4.98 Å². The summed E-state index contributed by atoms with van der Waals surface area (Å²) in [6, 6.07) is 4.37. The topological polar surface area (TPSA) is 102 Å². The van der Waals surface area contributed by atoms with Crippen LogP contribution < -0.4 is 10.6 Å². The van der Waals surface area contributed by atoms with Crippen molar-refractivity contribution in [3.8, 4) is 0 Å². The normalized spacial score (nSPS) is 12.4. The predicted molar refractivity (Wildman–Crippen MR) is 111 cm³/mol. The number of nitrogens with one attached hydrogen (secondary N) is 2. The van der Waals surface area contributed by atoms with E-state index in [0.29, 0.717) is 16.1 Å². The highest BCUT2D eigenvalue weighted by molar-refractivity contribution is 8.00. The molecule has 164 valence electrons. The number of carbonyl (C=O) groups is 2. The van der Waals surface area contributed by atoms with Gasteiger partial charge in [0, 0.05) is 24.3 Å². The largest absolute Gasteiger partial charge is 0.416 e. The number of nitrogens with zero attached hydrogens (tertiary/aromatic N) is 4. The molecule has 0 aliphatic heterocycles. The van der Waals surface area contributed by atoms with Gasteiger partial charge >= 0.3 is 6.18 Å². The van der Waals surface area contributed by atoms with Crippen LogP contribution in [0.2, 0.25) is 0 Å². The van der Waals surface area contributed by atoms with Crippen LogP contribution in [0.5, 0.6) is 0 Å². The molecule has 0 aliphatic rings. The van der Waals surface area contributed by atoms with Gasteiger partial charge in [0.25, 0.3) is 0 Å². The van der Waals surface area contributed by atoms with E-state index in [-0.39, 0.29) is 18.0 Å². The number of thiazole rings is 1. The van der Waals surface area contributed by atoms with Crippen LogP contribution >= 0.6 is 23.1 Å². The molecule has 1 atom stereocenters. The Kier molecular flexibility index (Phi) is 6.95. The highest BCUT2D eigenvalue weighted by Crippen LogP contribution is 2.30. The monoisotopic (exact) mass is 470 g/mol. The van der Waals surface area contributed by atoms with Crippen molar-refractivity contribution in [2.75, 3.05) is 10.6 Å². The first-order valence-corrected chi connectivity index (χ1v) is 10.6. The summed E-state index contributed by atoms with van der Waals surface area (Å²) in [5.41, 5.74) is -0.822. The smallest absolute Gasteiger partial charge is 0.326 e. The summed E-state index contributed by atoms with van der Waals surface area (Å²) in [5.74, 6) is -0.493. The molecule has 13 heteroatoms. The van der Waals surface area contributed by atoms with Gasteiger partial charge in [0.2, 0.25) is 11.8 Å². The quantitative estimate of drug-likeness (QED) is 0.512. The first-order valence-electron chi connectivity index (χ1n) is 8.86. The minimum absolute atomic E-state index is 0.0315. The summed E-state index contributed by atoms with van der Waals surface area (Å²) >= 11 is 2.45. The molecule has 2 amide bonds. The van der Waals surface area contributed by atoms with E-state index in [2.05, 4.69) is 25.8 Å². The Balaban J connectivity index is 1.59. The molecule has 2 heterocycles. The molecule has 1 aromatic carbocycles. The predicted octanol–water partition coefficient (Wildman–Crippen LogP) is 3.59. The molecule has 2 N–H and O–H groups in total. The van der Waals surface area contributed by atoms with Crippen LogP contribution in [0.25, 0.3) is 0 Å². The van der Waals surface area contributed by atoms with E-state index in [0.717, 1.165) is 23.9 Å². The number of rotatable bonds is 7. The van der Waals surface area contributed by atoms with E-state index >= 15 is 0 Å². The number of amides is 2. The molecule has 3 aromatic rings. The number of halogens is 3. The minimum atomic E-state index is -4.50. The zero-order valence-corrected chi connectivity index (χ0v) is 17.9. The molecule has 0 bridgehead atoms. The summed E-state index contributed by atoms with van der Waals surface area (Å²) in [6.45, 7) is 1.70. The van der Waals surface area contributed by atoms with E-state index in [1.807, 2.05) is 0 Å². The maximum absolute atomic E-state index is 12.8. The van der Waals surface area contributed by atoms with Crippen molar-refractivity contribution in [3.63, 3.8) is 0 Å². The van der Waals surface area contributed by atoms with Gasteiger partial charge in [-0.1, -0.05) is 17.8 Å². The summed E-state index contributed by atoms with van der Waals surface area (Å²) < 4.78 is 40.0. The van der Waals surface area contributed by atoms with Gasteiger partial charge in [-0.2, -0.15) is 13.2 Å². The van der Waals surface area contributed by atoms with Crippen molar-refractivity contribution in [1.29, 1.82) is 0 Å². The molecule has 0 saturated carbocycles. The lowest BCUT2D eigenvalue weighted by molar-refractivity contribution is -0.137. The lowest BCUT2D eigenvalue weighted by Crippen LogP contribution is -2.22. The van der Waals surface area contributed by atoms with E-state index in [1.165, 1.54) is 23.5 Å². The second-order valence-corrected chi connectivity index (χ2v) is 8.55. The van der Waals surface area contributed by atoms with E-state index in [1.54, 1.807) is 30.1 Å². The number of aromatic nitrogens is 4. The number of benzene rings is 1. The van der Waals surface area contributed by atoms with Crippen LogP contribution in [0.3, 0.4) is 0 Å².